The van der Waals surface area contributed by atoms with Crippen LogP contribution in [0.4, 0.5) is 26.3 Å². The molecule has 2 heterocycles. The quantitative estimate of drug-likeness (QED) is 0.330. The third-order valence-electron chi connectivity index (χ3n) is 6.82. The van der Waals surface area contributed by atoms with Gasteiger partial charge >= 0.3 is 24.3 Å². The minimum Gasteiger partial charge on any atom is -0.473 e. The summed E-state index contributed by atoms with van der Waals surface area (Å²) in [5.74, 6) is -3.37. The molecule has 12 heteroatoms. The molecule has 37 heavy (non-hydrogen) atoms. The van der Waals surface area contributed by atoms with Gasteiger partial charge in [0.15, 0.2) is 0 Å². The molecule has 5 nitrogen and oxygen atoms in total. The molecule has 0 bridgehead atoms. The van der Waals surface area contributed by atoms with Crippen LogP contribution in [0.5, 0.6) is 0 Å². The molecule has 1 fully saturated rings. The molecular weight excluding hydrogens is 524 g/mol. The Morgan fingerprint density at radius 1 is 0.919 bits per heavy atom. The van der Waals surface area contributed by atoms with Gasteiger partial charge < -0.3 is 15.1 Å². The Labute approximate surface area is 213 Å². The normalized spacial score (nSPS) is 19.0. The van der Waals surface area contributed by atoms with Gasteiger partial charge in [0, 0.05) is 4.88 Å². The van der Waals surface area contributed by atoms with Gasteiger partial charge in [-0.05, 0) is 111 Å². The predicted molar refractivity (Wildman–Crippen MR) is 125 cm³/mol. The lowest BCUT2D eigenvalue weighted by Gasteiger charge is -2.34. The monoisotopic (exact) mass is 551 g/mol. The second-order valence-corrected chi connectivity index (χ2v) is 10.2. The standard InChI is InChI=1S/C23H25F6NS.C2H2O4/c24-22(25,26)18-12-17(13-19(14-18)23(27,28)29)15-4-8-30(9-5-15)10-6-16-2-1-3-21-20(16)7-11-31-21;3-1(4)2(5)6/h7,11-16H,1-6,8-10H2;(H,3,4)(H,5,6). The molecule has 2 aliphatic rings. The van der Waals surface area contributed by atoms with Gasteiger partial charge in [0.1, 0.15) is 0 Å². The molecule has 2 N–H and O–H groups in total. The number of benzene rings is 1. The lowest BCUT2D eigenvalue weighted by Crippen LogP contribution is -2.34. The van der Waals surface area contributed by atoms with Crippen molar-refractivity contribution in [1.29, 1.82) is 0 Å². The van der Waals surface area contributed by atoms with Crippen molar-refractivity contribution >= 4 is 23.3 Å². The van der Waals surface area contributed by atoms with Crippen LogP contribution in [0.25, 0.3) is 0 Å². The smallest absolute Gasteiger partial charge is 0.416 e. The number of hydrogen-bond donors (Lipinski definition) is 2. The largest absolute Gasteiger partial charge is 0.473 e. The molecule has 2 aromatic rings. The number of carboxylic acids is 2. The van der Waals surface area contributed by atoms with Crippen LogP contribution in [0, 0.1) is 0 Å². The number of nitrogens with zero attached hydrogens (tertiary/aromatic N) is 1. The van der Waals surface area contributed by atoms with Crippen molar-refractivity contribution in [1.82, 2.24) is 4.90 Å². The van der Waals surface area contributed by atoms with Gasteiger partial charge in [-0.25, -0.2) is 9.59 Å². The van der Waals surface area contributed by atoms with Crippen LogP contribution in [-0.2, 0) is 28.4 Å². The molecule has 1 aliphatic heterocycles. The summed E-state index contributed by atoms with van der Waals surface area (Å²) in [6.45, 7) is 2.32. The minimum atomic E-state index is -4.79. The molecule has 0 saturated carbocycles. The molecule has 1 saturated heterocycles. The van der Waals surface area contributed by atoms with E-state index >= 15 is 0 Å². The first-order valence-corrected chi connectivity index (χ1v) is 12.7. The molecule has 4 rings (SSSR count). The van der Waals surface area contributed by atoms with Gasteiger partial charge in [0.2, 0.25) is 0 Å². The highest BCUT2D eigenvalue weighted by Gasteiger charge is 2.38. The van der Waals surface area contributed by atoms with Crippen molar-refractivity contribution in [3.05, 3.63) is 56.8 Å². The zero-order valence-corrected chi connectivity index (χ0v) is 20.6. The fourth-order valence-corrected chi connectivity index (χ4v) is 5.94. The highest BCUT2D eigenvalue weighted by Crippen LogP contribution is 2.40. The van der Waals surface area contributed by atoms with E-state index in [4.69, 9.17) is 19.8 Å². The number of carboxylic acid groups (broad SMARTS) is 2. The third kappa shape index (κ3) is 7.94. The maximum Gasteiger partial charge on any atom is 0.416 e. The highest BCUT2D eigenvalue weighted by molar-refractivity contribution is 7.10. The number of thiophene rings is 1. The number of likely N-dealkylation sites (tertiary alicyclic amines) is 1. The number of alkyl halides is 6. The summed E-state index contributed by atoms with van der Waals surface area (Å²) >= 11 is 1.82. The average Bonchev–Trinajstić information content (AvgIpc) is 3.32. The second kappa shape index (κ2) is 11.8. The van der Waals surface area contributed by atoms with Gasteiger partial charge in [-0.15, -0.1) is 11.3 Å². The molecule has 1 unspecified atom stereocenters. The Morgan fingerprint density at radius 2 is 1.49 bits per heavy atom. The summed E-state index contributed by atoms with van der Waals surface area (Å²) in [4.78, 5) is 22.0. The van der Waals surface area contributed by atoms with Crippen molar-refractivity contribution in [3.63, 3.8) is 0 Å². The Morgan fingerprint density at radius 3 is 2.00 bits per heavy atom. The third-order valence-corrected chi connectivity index (χ3v) is 7.82. The highest BCUT2D eigenvalue weighted by atomic mass is 32.1. The zero-order chi connectivity index (χ0) is 27.4. The van der Waals surface area contributed by atoms with Crippen LogP contribution in [0.2, 0.25) is 0 Å². The van der Waals surface area contributed by atoms with Gasteiger partial charge in [0.05, 0.1) is 11.1 Å². The summed E-state index contributed by atoms with van der Waals surface area (Å²) in [5, 5.41) is 16.9. The van der Waals surface area contributed by atoms with Crippen LogP contribution in [0.1, 0.15) is 71.1 Å². The average molecular weight is 552 g/mol. The van der Waals surface area contributed by atoms with E-state index in [9.17, 15) is 26.3 Å². The van der Waals surface area contributed by atoms with E-state index in [-0.39, 0.29) is 17.5 Å². The van der Waals surface area contributed by atoms with Crippen LogP contribution in [0.15, 0.2) is 29.6 Å². The first-order valence-electron chi connectivity index (χ1n) is 11.8. The first kappa shape index (κ1) is 29.0. The number of aryl methyl sites for hydroxylation is 1. The number of hydrogen-bond acceptors (Lipinski definition) is 4. The molecule has 0 radical (unpaired) electrons. The second-order valence-electron chi connectivity index (χ2n) is 9.24. The van der Waals surface area contributed by atoms with E-state index in [1.54, 1.807) is 0 Å². The van der Waals surface area contributed by atoms with Gasteiger partial charge in [-0.3, -0.25) is 0 Å². The van der Waals surface area contributed by atoms with E-state index in [1.807, 2.05) is 11.3 Å². The van der Waals surface area contributed by atoms with Crippen molar-refractivity contribution in [2.45, 2.75) is 62.7 Å². The molecule has 1 aromatic carbocycles. The molecule has 204 valence electrons. The van der Waals surface area contributed by atoms with Crippen molar-refractivity contribution in [3.8, 4) is 0 Å². The SMILES string of the molecule is FC(F)(F)c1cc(C2CCN(CCC3CCCc4sccc43)CC2)cc(C(F)(F)F)c1.O=C(O)C(=O)O. The predicted octanol–water partition coefficient (Wildman–Crippen LogP) is 6.63. The summed E-state index contributed by atoms with van der Waals surface area (Å²) in [5.41, 5.74) is -0.820. The van der Waals surface area contributed by atoms with Crippen LogP contribution >= 0.6 is 11.3 Å². The Kier molecular flexibility index (Phi) is 9.27. The van der Waals surface area contributed by atoms with Gasteiger partial charge in [-0.2, -0.15) is 26.3 Å². The number of rotatable bonds is 4. The van der Waals surface area contributed by atoms with E-state index in [0.717, 1.165) is 31.5 Å². The topological polar surface area (TPSA) is 77.8 Å². The van der Waals surface area contributed by atoms with Gasteiger partial charge in [0.25, 0.3) is 0 Å². The van der Waals surface area contributed by atoms with Gasteiger partial charge in [-0.1, -0.05) is 0 Å². The summed E-state index contributed by atoms with van der Waals surface area (Å²) in [6.07, 6.45) is -3.83. The fourth-order valence-electron chi connectivity index (χ4n) is 4.92. The summed E-state index contributed by atoms with van der Waals surface area (Å²) in [7, 11) is 0. The van der Waals surface area contributed by atoms with E-state index in [0.29, 0.717) is 31.8 Å². The lowest BCUT2D eigenvalue weighted by molar-refractivity contribution is -0.159. The lowest BCUT2D eigenvalue weighted by atomic mass is 9.84. The number of fused-ring (bicyclic) bond motifs is 1. The molecule has 1 aromatic heterocycles. The number of carbonyl (C=O) groups is 2. The van der Waals surface area contributed by atoms with Crippen molar-refractivity contribution in [2.75, 3.05) is 19.6 Å². The fraction of sp³-hybridized carbons (Fsp3) is 0.520. The van der Waals surface area contributed by atoms with Crippen molar-refractivity contribution < 1.29 is 46.1 Å². The molecule has 1 atom stereocenters. The Balaban J connectivity index is 0.000000568. The number of halogens is 6. The maximum absolute atomic E-state index is 13.1. The number of piperidine rings is 1. The summed E-state index contributed by atoms with van der Waals surface area (Å²) in [6, 6.07) is 4.23. The van der Waals surface area contributed by atoms with Crippen LogP contribution < -0.4 is 0 Å². The number of aliphatic carboxylic acids is 2. The minimum absolute atomic E-state index is 0.150. The van der Waals surface area contributed by atoms with E-state index in [2.05, 4.69) is 16.3 Å². The molecule has 1 aliphatic carbocycles. The van der Waals surface area contributed by atoms with Crippen LogP contribution in [-0.4, -0.2) is 46.7 Å². The Bertz CT molecular complexity index is 1050. The Hall–Kier alpha value is -2.60. The maximum atomic E-state index is 13.1. The van der Waals surface area contributed by atoms with E-state index in [1.165, 1.54) is 23.3 Å². The first-order chi connectivity index (χ1) is 17.3. The molecular formula is C25H27F6NO4S. The summed E-state index contributed by atoms with van der Waals surface area (Å²) < 4.78 is 78.9. The molecule has 0 amide bonds. The van der Waals surface area contributed by atoms with Crippen molar-refractivity contribution in [2.24, 2.45) is 0 Å². The van der Waals surface area contributed by atoms with Crippen LogP contribution in [0.3, 0.4) is 0 Å². The molecule has 0 spiro atoms. The van der Waals surface area contributed by atoms with E-state index < -0.39 is 35.4 Å². The zero-order valence-electron chi connectivity index (χ0n) is 19.7.